The molecular weight excluding hydrogens is 404 g/mol. The maximum absolute atomic E-state index is 13.0. The van der Waals surface area contributed by atoms with Gasteiger partial charge in [0.05, 0.1) is 21.2 Å². The number of benzene rings is 2. The molecule has 1 aliphatic heterocycles. The molecule has 2 N–H and O–H groups in total. The summed E-state index contributed by atoms with van der Waals surface area (Å²) in [4.78, 5) is 14.4. The average molecular weight is 426 g/mol. The van der Waals surface area contributed by atoms with Crippen LogP contribution in [0.25, 0.3) is 0 Å². The number of hydrogen-bond acceptors (Lipinski definition) is 4. The number of carbonyl (C=O) groups is 1. The van der Waals surface area contributed by atoms with Crippen molar-refractivity contribution in [3.63, 3.8) is 0 Å². The zero-order chi connectivity index (χ0) is 20.3. The Balaban J connectivity index is 1.49. The molecule has 0 bridgehead atoms. The summed E-state index contributed by atoms with van der Waals surface area (Å²) in [5, 5.41) is 21.5. The molecule has 28 heavy (non-hydrogen) atoms. The number of halogens is 3. The van der Waals surface area contributed by atoms with E-state index in [0.717, 1.165) is 11.6 Å². The van der Waals surface area contributed by atoms with Crippen molar-refractivity contribution >= 4 is 29.0 Å². The summed E-state index contributed by atoms with van der Waals surface area (Å²) in [7, 11) is 0. The van der Waals surface area contributed by atoms with Crippen molar-refractivity contribution in [3.05, 3.63) is 63.4 Å². The second-order valence-electron chi connectivity index (χ2n) is 7.19. The van der Waals surface area contributed by atoms with Gasteiger partial charge in [-0.1, -0.05) is 29.3 Å². The fraction of sp³-hybridized carbons (Fsp3) is 0.381. The Labute approximate surface area is 173 Å². The van der Waals surface area contributed by atoms with Crippen molar-refractivity contribution < 1.29 is 19.4 Å². The first-order valence-corrected chi connectivity index (χ1v) is 9.96. The largest absolute Gasteiger partial charge is 0.507 e. The summed E-state index contributed by atoms with van der Waals surface area (Å²) >= 11 is 12.0. The molecule has 1 heterocycles. The van der Waals surface area contributed by atoms with Crippen LogP contribution < -0.4 is 0 Å². The van der Waals surface area contributed by atoms with E-state index < -0.39 is 11.4 Å². The summed E-state index contributed by atoms with van der Waals surface area (Å²) in [6.07, 6.45) is 2.03. The number of rotatable bonds is 6. The van der Waals surface area contributed by atoms with E-state index in [0.29, 0.717) is 48.9 Å². The highest BCUT2D eigenvalue weighted by Crippen LogP contribution is 2.36. The van der Waals surface area contributed by atoms with Gasteiger partial charge in [-0.2, -0.15) is 0 Å². The summed E-state index contributed by atoms with van der Waals surface area (Å²) in [6, 6.07) is 8.64. The number of piperidine rings is 1. The van der Waals surface area contributed by atoms with Gasteiger partial charge in [0.15, 0.2) is 5.78 Å². The second kappa shape index (κ2) is 8.78. The number of ketones is 1. The Morgan fingerprint density at radius 1 is 1.11 bits per heavy atom. The van der Waals surface area contributed by atoms with Gasteiger partial charge in [-0.3, -0.25) is 4.79 Å². The zero-order valence-electron chi connectivity index (χ0n) is 15.3. The molecule has 0 aliphatic carbocycles. The molecule has 1 fully saturated rings. The third kappa shape index (κ3) is 4.84. The van der Waals surface area contributed by atoms with Crippen LogP contribution in [0.1, 0.15) is 41.6 Å². The molecule has 0 amide bonds. The van der Waals surface area contributed by atoms with Crippen LogP contribution in [-0.2, 0) is 5.60 Å². The van der Waals surface area contributed by atoms with Crippen molar-refractivity contribution in [2.24, 2.45) is 0 Å². The molecule has 0 radical (unpaired) electrons. The third-order valence-electron chi connectivity index (χ3n) is 5.28. The summed E-state index contributed by atoms with van der Waals surface area (Å²) in [5.74, 6) is -1.10. The van der Waals surface area contributed by atoms with E-state index in [9.17, 15) is 19.4 Å². The number of nitrogens with zero attached hydrogens (tertiary/aromatic N) is 1. The molecule has 2 aromatic carbocycles. The van der Waals surface area contributed by atoms with E-state index >= 15 is 0 Å². The van der Waals surface area contributed by atoms with Gasteiger partial charge < -0.3 is 15.1 Å². The predicted octanol–water partition coefficient (Wildman–Crippen LogP) is 4.78. The maximum atomic E-state index is 13.0. The molecular formula is C21H22Cl2FNO3. The number of Topliss-reactive ketones (excluding diaryl/α,β-unsaturated/α-hetero) is 1. The van der Waals surface area contributed by atoms with Gasteiger partial charge in [-0.05, 0) is 55.6 Å². The number of phenolic OH excluding ortho intramolecular Hbond substituents is 1. The van der Waals surface area contributed by atoms with Gasteiger partial charge in [-0.25, -0.2) is 4.39 Å². The van der Waals surface area contributed by atoms with Crippen molar-refractivity contribution in [1.29, 1.82) is 0 Å². The van der Waals surface area contributed by atoms with E-state index in [1.54, 1.807) is 18.2 Å². The van der Waals surface area contributed by atoms with Crippen molar-refractivity contribution in [2.75, 3.05) is 19.6 Å². The molecule has 0 saturated carbocycles. The van der Waals surface area contributed by atoms with Gasteiger partial charge in [-0.15, -0.1) is 0 Å². The Morgan fingerprint density at radius 2 is 1.82 bits per heavy atom. The van der Waals surface area contributed by atoms with Gasteiger partial charge in [0.1, 0.15) is 11.6 Å². The third-order valence-corrected chi connectivity index (χ3v) is 6.02. The normalized spacial score (nSPS) is 16.9. The van der Waals surface area contributed by atoms with Gasteiger partial charge in [0, 0.05) is 25.6 Å². The molecule has 0 aromatic heterocycles. The van der Waals surface area contributed by atoms with Crippen LogP contribution in [0.3, 0.4) is 0 Å². The minimum Gasteiger partial charge on any atom is -0.507 e. The monoisotopic (exact) mass is 425 g/mol. The highest BCUT2D eigenvalue weighted by atomic mass is 35.5. The minimum atomic E-state index is -0.930. The number of phenols is 1. The lowest BCUT2D eigenvalue weighted by atomic mass is 9.84. The topological polar surface area (TPSA) is 60.8 Å². The molecule has 3 rings (SSSR count). The maximum Gasteiger partial charge on any atom is 0.166 e. The summed E-state index contributed by atoms with van der Waals surface area (Å²) in [5.41, 5.74) is -0.0157. The number of aromatic hydroxyl groups is 1. The highest BCUT2D eigenvalue weighted by molar-refractivity contribution is 6.42. The van der Waals surface area contributed by atoms with Crippen molar-refractivity contribution in [2.45, 2.75) is 31.3 Å². The SMILES string of the molecule is O=C(CCCN1CCC(O)(c2ccc(Cl)c(Cl)c2)CC1)c1ccc(F)cc1O. The lowest BCUT2D eigenvalue weighted by molar-refractivity contribution is -0.0260. The quantitative estimate of drug-likeness (QED) is 0.653. The van der Waals surface area contributed by atoms with Gasteiger partial charge >= 0.3 is 0 Å². The Morgan fingerprint density at radius 3 is 2.46 bits per heavy atom. The summed E-state index contributed by atoms with van der Waals surface area (Å²) in [6.45, 7) is 2.12. The predicted molar refractivity (Wildman–Crippen MR) is 108 cm³/mol. The number of aliphatic hydroxyl groups is 1. The average Bonchev–Trinajstić information content (AvgIpc) is 2.65. The molecule has 0 unspecified atom stereocenters. The van der Waals surface area contributed by atoms with Crippen LogP contribution in [0, 0.1) is 5.82 Å². The van der Waals surface area contributed by atoms with Crippen LogP contribution in [-0.4, -0.2) is 40.5 Å². The van der Waals surface area contributed by atoms with E-state index in [1.165, 1.54) is 12.1 Å². The minimum absolute atomic E-state index is 0.147. The van der Waals surface area contributed by atoms with Crippen LogP contribution in [0.15, 0.2) is 36.4 Å². The first-order chi connectivity index (χ1) is 13.3. The lowest BCUT2D eigenvalue weighted by Crippen LogP contribution is -2.42. The van der Waals surface area contributed by atoms with Crippen LogP contribution in [0.4, 0.5) is 4.39 Å². The first kappa shape index (κ1) is 21.1. The van der Waals surface area contributed by atoms with Gasteiger partial charge in [0.2, 0.25) is 0 Å². The number of likely N-dealkylation sites (tertiary alicyclic amines) is 1. The molecule has 1 aliphatic rings. The zero-order valence-corrected chi connectivity index (χ0v) is 16.8. The highest BCUT2D eigenvalue weighted by Gasteiger charge is 2.34. The second-order valence-corrected chi connectivity index (χ2v) is 8.00. The van der Waals surface area contributed by atoms with E-state index in [4.69, 9.17) is 23.2 Å². The van der Waals surface area contributed by atoms with Crippen molar-refractivity contribution in [1.82, 2.24) is 4.90 Å². The van der Waals surface area contributed by atoms with Crippen molar-refractivity contribution in [3.8, 4) is 5.75 Å². The van der Waals surface area contributed by atoms with Gasteiger partial charge in [0.25, 0.3) is 0 Å². The molecule has 4 nitrogen and oxygen atoms in total. The Bertz CT molecular complexity index is 867. The first-order valence-electron chi connectivity index (χ1n) is 9.20. The summed E-state index contributed by atoms with van der Waals surface area (Å²) < 4.78 is 13.0. The number of hydrogen-bond donors (Lipinski definition) is 2. The van der Waals surface area contributed by atoms with Crippen LogP contribution >= 0.6 is 23.2 Å². The Hall–Kier alpha value is -1.66. The van der Waals surface area contributed by atoms with E-state index in [1.807, 2.05) is 0 Å². The lowest BCUT2D eigenvalue weighted by Gasteiger charge is -2.38. The van der Waals surface area contributed by atoms with Crippen LogP contribution in [0.5, 0.6) is 5.75 Å². The fourth-order valence-corrected chi connectivity index (χ4v) is 3.86. The van der Waals surface area contributed by atoms with E-state index in [-0.39, 0.29) is 23.5 Å². The molecule has 1 saturated heterocycles. The molecule has 0 spiro atoms. The van der Waals surface area contributed by atoms with E-state index in [2.05, 4.69) is 4.90 Å². The molecule has 7 heteroatoms. The van der Waals surface area contributed by atoms with Crippen LogP contribution in [0.2, 0.25) is 10.0 Å². The number of carbonyl (C=O) groups excluding carboxylic acids is 1. The molecule has 0 atom stereocenters. The molecule has 2 aromatic rings. The fourth-order valence-electron chi connectivity index (χ4n) is 3.56. The molecule has 150 valence electrons. The Kier molecular flexibility index (Phi) is 6.61. The smallest absolute Gasteiger partial charge is 0.166 e. The standard InChI is InChI=1S/C21H22Cl2FNO3/c22-17-6-3-14(12-18(17)23)21(28)7-10-25(11-8-21)9-1-2-19(26)16-5-4-15(24)13-20(16)27/h3-6,12-13,27-28H,1-2,7-11H2.